The number of thioether (sulfide) groups is 1. The van der Waals surface area contributed by atoms with Crippen LogP contribution in [0, 0.1) is 0 Å². The molecule has 1 fully saturated rings. The van der Waals surface area contributed by atoms with Gasteiger partial charge in [0.15, 0.2) is 0 Å². The summed E-state index contributed by atoms with van der Waals surface area (Å²) in [6, 6.07) is 12.2. The lowest BCUT2D eigenvalue weighted by atomic mass is 10.0. The maximum atomic E-state index is 13.3. The molecule has 1 N–H and O–H groups in total. The minimum atomic E-state index is -4.43. The van der Waals surface area contributed by atoms with Crippen LogP contribution >= 0.6 is 11.8 Å². The molecule has 0 bridgehead atoms. The highest BCUT2D eigenvalue weighted by Crippen LogP contribution is 2.46. The van der Waals surface area contributed by atoms with E-state index in [1.54, 1.807) is 4.90 Å². The maximum absolute atomic E-state index is 13.3. The third-order valence-electron chi connectivity index (χ3n) is 5.87. The van der Waals surface area contributed by atoms with Gasteiger partial charge in [0, 0.05) is 18.0 Å². The molecule has 1 amide bonds. The number of fused-ring (bicyclic) bond motifs is 1. The number of hydrogen-bond acceptors (Lipinski definition) is 4. The number of nitrogens with zero attached hydrogens (tertiary/aromatic N) is 2. The lowest BCUT2D eigenvalue weighted by Crippen LogP contribution is -2.45. The zero-order chi connectivity index (χ0) is 22.0. The number of aliphatic hydroxyl groups excluding tert-OH is 1. The highest BCUT2D eigenvalue weighted by Gasteiger charge is 2.38. The number of anilines is 1. The molecule has 0 aromatic heterocycles. The summed E-state index contributed by atoms with van der Waals surface area (Å²) in [5, 5.41) is 10.2. The molecular formula is C23H25F3N2O2S. The molecule has 166 valence electrons. The van der Waals surface area contributed by atoms with E-state index in [-0.39, 0.29) is 0 Å². The largest absolute Gasteiger partial charge is 0.416 e. The van der Waals surface area contributed by atoms with Crippen LogP contribution in [-0.2, 0) is 11.0 Å². The normalized spacial score (nSPS) is 22.8. The summed E-state index contributed by atoms with van der Waals surface area (Å²) in [6.45, 7) is 3.21. The van der Waals surface area contributed by atoms with Crippen LogP contribution in [0.5, 0.6) is 0 Å². The van der Waals surface area contributed by atoms with E-state index in [1.807, 2.05) is 24.3 Å². The first-order chi connectivity index (χ1) is 14.8. The second-order valence-corrected chi connectivity index (χ2v) is 9.15. The van der Waals surface area contributed by atoms with E-state index in [0.717, 1.165) is 55.2 Å². The molecule has 2 aliphatic rings. The van der Waals surface area contributed by atoms with Crippen molar-refractivity contribution in [2.45, 2.75) is 41.7 Å². The topological polar surface area (TPSA) is 43.8 Å². The van der Waals surface area contributed by atoms with Crippen molar-refractivity contribution >= 4 is 23.4 Å². The zero-order valence-corrected chi connectivity index (χ0v) is 17.8. The smallest absolute Gasteiger partial charge is 0.382 e. The first-order valence-electron chi connectivity index (χ1n) is 10.5. The number of amides is 1. The van der Waals surface area contributed by atoms with Gasteiger partial charge in [0.2, 0.25) is 0 Å². The minimum Gasteiger partial charge on any atom is -0.382 e. The van der Waals surface area contributed by atoms with Crippen LogP contribution < -0.4 is 4.90 Å². The zero-order valence-electron chi connectivity index (χ0n) is 17.0. The standard InChI is InChI=1S/C23H25F3N2O2S/c24-23(25,26)17-10-8-16(9-11-17)21-20(29)22(30)28(15-14-27-12-4-1-5-13-27)18-6-2-3-7-19(18)31-21/h2-3,6-11,20-21,29H,1,4-5,12-15H2/t20-,21-/m1/s1. The number of hydrogen-bond donors (Lipinski definition) is 1. The van der Waals surface area contributed by atoms with Gasteiger partial charge in [-0.25, -0.2) is 0 Å². The molecule has 2 heterocycles. The molecule has 4 rings (SSSR count). The van der Waals surface area contributed by atoms with Gasteiger partial charge in [0.1, 0.15) is 6.10 Å². The van der Waals surface area contributed by atoms with Crippen molar-refractivity contribution in [2.24, 2.45) is 0 Å². The van der Waals surface area contributed by atoms with Crippen molar-refractivity contribution in [2.75, 3.05) is 31.1 Å². The Bertz CT molecular complexity index is 914. The first kappa shape index (κ1) is 22.2. The number of carbonyl (C=O) groups is 1. The summed E-state index contributed by atoms with van der Waals surface area (Å²) in [5.74, 6) is -0.417. The summed E-state index contributed by atoms with van der Waals surface area (Å²) in [6.07, 6.45) is -2.25. The molecule has 0 radical (unpaired) electrons. The predicted octanol–water partition coefficient (Wildman–Crippen LogP) is 4.73. The van der Waals surface area contributed by atoms with E-state index in [4.69, 9.17) is 0 Å². The van der Waals surface area contributed by atoms with Crippen LogP contribution in [0.3, 0.4) is 0 Å². The Hall–Kier alpha value is -2.03. The lowest BCUT2D eigenvalue weighted by molar-refractivity contribution is -0.137. The Labute approximate surface area is 184 Å². The Balaban J connectivity index is 1.60. The van der Waals surface area contributed by atoms with Crippen LogP contribution in [0.25, 0.3) is 0 Å². The van der Waals surface area contributed by atoms with Gasteiger partial charge < -0.3 is 14.9 Å². The number of alkyl halides is 3. The van der Waals surface area contributed by atoms with Crippen LogP contribution in [0.1, 0.15) is 35.6 Å². The van der Waals surface area contributed by atoms with Crippen LogP contribution in [0.15, 0.2) is 53.4 Å². The molecule has 2 aliphatic heterocycles. The Kier molecular flexibility index (Phi) is 6.60. The maximum Gasteiger partial charge on any atom is 0.416 e. The molecular weight excluding hydrogens is 425 g/mol. The van der Waals surface area contributed by atoms with E-state index in [9.17, 15) is 23.1 Å². The van der Waals surface area contributed by atoms with Crippen molar-refractivity contribution in [3.63, 3.8) is 0 Å². The van der Waals surface area contributed by atoms with Crippen LogP contribution in [0.2, 0.25) is 0 Å². The molecule has 0 spiro atoms. The number of piperidine rings is 1. The molecule has 2 aromatic rings. The van der Waals surface area contributed by atoms with Crippen molar-refractivity contribution < 1.29 is 23.1 Å². The van der Waals surface area contributed by atoms with E-state index in [1.165, 1.54) is 30.3 Å². The molecule has 8 heteroatoms. The Morgan fingerprint density at radius 2 is 1.65 bits per heavy atom. The van der Waals surface area contributed by atoms with Gasteiger partial charge in [0.25, 0.3) is 5.91 Å². The van der Waals surface area contributed by atoms with E-state index >= 15 is 0 Å². The third-order valence-corrected chi connectivity index (χ3v) is 7.25. The minimum absolute atomic E-state index is 0.417. The average Bonchev–Trinajstić information content (AvgIpc) is 2.87. The van der Waals surface area contributed by atoms with Gasteiger partial charge in [0.05, 0.1) is 16.5 Å². The quantitative estimate of drug-likeness (QED) is 0.731. The molecule has 4 nitrogen and oxygen atoms in total. The van der Waals surface area contributed by atoms with Gasteiger partial charge in [-0.3, -0.25) is 4.79 Å². The van der Waals surface area contributed by atoms with Gasteiger partial charge >= 0.3 is 6.18 Å². The van der Waals surface area contributed by atoms with Gasteiger partial charge in [-0.05, 0) is 55.8 Å². The number of rotatable bonds is 4. The highest BCUT2D eigenvalue weighted by molar-refractivity contribution is 7.99. The number of aliphatic hydroxyl groups is 1. The monoisotopic (exact) mass is 450 g/mol. The highest BCUT2D eigenvalue weighted by atomic mass is 32.2. The molecule has 2 atom stereocenters. The number of para-hydroxylation sites is 1. The summed E-state index contributed by atoms with van der Waals surface area (Å²) < 4.78 is 38.8. The molecule has 0 saturated carbocycles. The van der Waals surface area contributed by atoms with Crippen molar-refractivity contribution in [1.82, 2.24) is 4.90 Å². The van der Waals surface area contributed by atoms with Crippen molar-refractivity contribution in [3.05, 3.63) is 59.7 Å². The van der Waals surface area contributed by atoms with E-state index < -0.39 is 29.0 Å². The molecule has 31 heavy (non-hydrogen) atoms. The number of carbonyl (C=O) groups excluding carboxylic acids is 1. The fourth-order valence-electron chi connectivity index (χ4n) is 4.16. The van der Waals surface area contributed by atoms with Gasteiger partial charge in [-0.2, -0.15) is 13.2 Å². The van der Waals surface area contributed by atoms with Crippen LogP contribution in [-0.4, -0.2) is 48.2 Å². The van der Waals surface area contributed by atoms with Gasteiger partial charge in [-0.1, -0.05) is 30.7 Å². The lowest BCUT2D eigenvalue weighted by Gasteiger charge is -2.30. The third kappa shape index (κ3) is 4.91. The second kappa shape index (κ2) is 9.22. The first-order valence-corrected chi connectivity index (χ1v) is 11.4. The fraction of sp³-hybridized carbons (Fsp3) is 0.435. The summed E-state index contributed by atoms with van der Waals surface area (Å²) >= 11 is 1.31. The Morgan fingerprint density at radius 3 is 2.32 bits per heavy atom. The molecule has 1 saturated heterocycles. The molecule has 0 aliphatic carbocycles. The average molecular weight is 451 g/mol. The number of likely N-dealkylation sites (tertiary alicyclic amines) is 1. The Morgan fingerprint density at radius 1 is 0.968 bits per heavy atom. The van der Waals surface area contributed by atoms with Crippen molar-refractivity contribution in [3.8, 4) is 0 Å². The fourth-order valence-corrected chi connectivity index (χ4v) is 5.42. The summed E-state index contributed by atoms with van der Waals surface area (Å²) in [4.78, 5) is 18.0. The van der Waals surface area contributed by atoms with Gasteiger partial charge in [-0.15, -0.1) is 11.8 Å². The predicted molar refractivity (Wildman–Crippen MR) is 115 cm³/mol. The number of benzene rings is 2. The van der Waals surface area contributed by atoms with Crippen molar-refractivity contribution in [1.29, 1.82) is 0 Å². The van der Waals surface area contributed by atoms with E-state index in [2.05, 4.69) is 4.90 Å². The van der Waals surface area contributed by atoms with Crippen LogP contribution in [0.4, 0.5) is 18.9 Å². The summed E-state index contributed by atoms with van der Waals surface area (Å²) in [7, 11) is 0. The van der Waals surface area contributed by atoms with E-state index in [0.29, 0.717) is 12.1 Å². The summed E-state index contributed by atoms with van der Waals surface area (Å²) in [5.41, 5.74) is 0.480. The SMILES string of the molecule is O=C1[C@H](O)[C@@H](c2ccc(C(F)(F)F)cc2)Sc2ccccc2N1CCN1CCCCC1. The molecule has 2 aromatic carbocycles. The second-order valence-electron chi connectivity index (χ2n) is 7.96. The number of halogens is 3. The molecule has 0 unspecified atom stereocenters.